The summed E-state index contributed by atoms with van der Waals surface area (Å²) in [6, 6.07) is 0. The van der Waals surface area contributed by atoms with Gasteiger partial charge in [0, 0.05) is 38.2 Å². The second kappa shape index (κ2) is 36.3. The number of esters is 2. The lowest BCUT2D eigenvalue weighted by atomic mass is 10.0. The Labute approximate surface area is 307 Å². The van der Waals surface area contributed by atoms with Crippen LogP contribution in [-0.4, -0.2) is 79.2 Å². The average Bonchev–Trinajstić information content (AvgIpc) is 3.07. The predicted molar refractivity (Wildman–Crippen MR) is 210 cm³/mol. The van der Waals surface area contributed by atoms with Gasteiger partial charge in [-0.05, 0) is 71.9 Å². The van der Waals surface area contributed by atoms with Crippen LogP contribution >= 0.6 is 11.8 Å². The van der Waals surface area contributed by atoms with Crippen LogP contribution in [0.25, 0.3) is 0 Å². The molecule has 49 heavy (non-hydrogen) atoms. The SMILES string of the molecule is CCCCCC/C=C\COC(=O)CCCCCCCN(CCCC(=O)OC(CCCCCCC)CCCCCCC)C(=O)SCCN(C)C. The Kier molecular flexibility index (Phi) is 35.1. The van der Waals surface area contributed by atoms with Crippen molar-refractivity contribution in [3.63, 3.8) is 0 Å². The lowest BCUT2D eigenvalue weighted by molar-refractivity contribution is -0.150. The fraction of sp³-hybridized carbons (Fsp3) is 0.878. The van der Waals surface area contributed by atoms with Crippen LogP contribution in [-0.2, 0) is 19.1 Å². The molecule has 7 nitrogen and oxygen atoms in total. The number of amides is 1. The minimum atomic E-state index is -0.119. The normalized spacial score (nSPS) is 11.6. The molecule has 0 aliphatic rings. The summed E-state index contributed by atoms with van der Waals surface area (Å²) in [7, 11) is 4.04. The second-order valence-corrected chi connectivity index (χ2v) is 15.1. The number of rotatable bonds is 35. The van der Waals surface area contributed by atoms with E-state index in [9.17, 15) is 14.4 Å². The molecule has 0 N–H and O–H groups in total. The summed E-state index contributed by atoms with van der Waals surface area (Å²) in [5.41, 5.74) is 0. The molecule has 0 aromatic carbocycles. The average molecular weight is 711 g/mol. The minimum absolute atomic E-state index is 0.0267. The van der Waals surface area contributed by atoms with Gasteiger partial charge < -0.3 is 19.3 Å². The van der Waals surface area contributed by atoms with E-state index in [0.29, 0.717) is 39.0 Å². The monoisotopic (exact) mass is 711 g/mol. The number of unbranched alkanes of at least 4 members (excludes halogenated alkanes) is 16. The standard InChI is InChI=1S/C41H78N2O5S/c1-6-9-12-15-16-22-27-36-47-39(44)31-25-20-17-21-26-33-43(41(46)49-37-35-42(4)5)34-28-32-40(45)48-38(29-23-18-13-10-7-2)30-24-19-14-11-8-3/h22,27,38H,6-21,23-26,28-37H2,1-5H3/b27-22-. The molecule has 0 unspecified atom stereocenters. The molecule has 0 aliphatic carbocycles. The second-order valence-electron chi connectivity index (χ2n) is 14.0. The van der Waals surface area contributed by atoms with Gasteiger partial charge >= 0.3 is 11.9 Å². The Morgan fingerprint density at radius 2 is 1.12 bits per heavy atom. The molecule has 288 valence electrons. The van der Waals surface area contributed by atoms with E-state index in [-0.39, 0.29) is 23.3 Å². The van der Waals surface area contributed by atoms with Crippen molar-refractivity contribution in [1.29, 1.82) is 0 Å². The Morgan fingerprint density at radius 1 is 0.592 bits per heavy atom. The fourth-order valence-corrected chi connectivity index (χ4v) is 6.76. The fourth-order valence-electron chi connectivity index (χ4n) is 5.76. The van der Waals surface area contributed by atoms with Crippen molar-refractivity contribution >= 4 is 28.9 Å². The molecule has 0 aromatic heterocycles. The zero-order valence-corrected chi connectivity index (χ0v) is 33.6. The lowest BCUT2D eigenvalue weighted by Crippen LogP contribution is -2.31. The maximum absolute atomic E-state index is 13.1. The van der Waals surface area contributed by atoms with Crippen LogP contribution in [0.15, 0.2) is 12.2 Å². The van der Waals surface area contributed by atoms with Gasteiger partial charge in [-0.1, -0.05) is 135 Å². The van der Waals surface area contributed by atoms with E-state index in [2.05, 4.69) is 31.7 Å². The summed E-state index contributed by atoms with van der Waals surface area (Å²) in [5, 5.41) is 0.102. The summed E-state index contributed by atoms with van der Waals surface area (Å²) < 4.78 is 11.3. The third kappa shape index (κ3) is 33.4. The van der Waals surface area contributed by atoms with Crippen LogP contribution < -0.4 is 0 Å². The predicted octanol–water partition coefficient (Wildman–Crippen LogP) is 11.5. The third-order valence-corrected chi connectivity index (χ3v) is 9.82. The van der Waals surface area contributed by atoms with Crippen molar-refractivity contribution in [3.8, 4) is 0 Å². The van der Waals surface area contributed by atoms with E-state index in [1.54, 1.807) is 0 Å². The first kappa shape index (κ1) is 47.5. The van der Waals surface area contributed by atoms with E-state index in [4.69, 9.17) is 9.47 Å². The number of nitrogens with zero attached hydrogens (tertiary/aromatic N) is 2. The first-order chi connectivity index (χ1) is 23.8. The Bertz CT molecular complexity index is 793. The van der Waals surface area contributed by atoms with Gasteiger partial charge in [0.15, 0.2) is 0 Å². The molecular weight excluding hydrogens is 633 g/mol. The van der Waals surface area contributed by atoms with Crippen LogP contribution in [0.2, 0.25) is 0 Å². The molecule has 0 saturated heterocycles. The zero-order valence-electron chi connectivity index (χ0n) is 32.8. The van der Waals surface area contributed by atoms with Crippen LogP contribution in [0.5, 0.6) is 0 Å². The number of allylic oxidation sites excluding steroid dienone is 1. The molecular formula is C41H78N2O5S. The molecule has 0 bridgehead atoms. The molecule has 0 heterocycles. The van der Waals surface area contributed by atoms with Gasteiger partial charge in [0.25, 0.3) is 5.24 Å². The Balaban J connectivity index is 4.54. The first-order valence-electron chi connectivity index (χ1n) is 20.4. The quantitative estimate of drug-likeness (QED) is 0.0368. The molecule has 0 aliphatic heterocycles. The molecule has 0 saturated carbocycles. The van der Waals surface area contributed by atoms with Gasteiger partial charge in [0.1, 0.15) is 12.7 Å². The van der Waals surface area contributed by atoms with Crippen molar-refractivity contribution in [2.45, 2.75) is 187 Å². The van der Waals surface area contributed by atoms with Gasteiger partial charge in [-0.3, -0.25) is 14.4 Å². The van der Waals surface area contributed by atoms with Crippen molar-refractivity contribution in [2.24, 2.45) is 0 Å². The molecule has 0 rings (SSSR count). The van der Waals surface area contributed by atoms with E-state index in [1.165, 1.54) is 88.8 Å². The highest BCUT2D eigenvalue weighted by Crippen LogP contribution is 2.18. The summed E-state index contributed by atoms with van der Waals surface area (Å²) in [6.07, 6.45) is 30.6. The lowest BCUT2D eigenvalue weighted by Gasteiger charge is -2.23. The van der Waals surface area contributed by atoms with Gasteiger partial charge in [0.05, 0.1) is 0 Å². The zero-order chi connectivity index (χ0) is 36.2. The number of carbonyl (C=O) groups is 3. The van der Waals surface area contributed by atoms with Crippen LogP contribution in [0.1, 0.15) is 181 Å². The highest BCUT2D eigenvalue weighted by molar-refractivity contribution is 8.13. The van der Waals surface area contributed by atoms with E-state index in [1.807, 2.05) is 25.1 Å². The molecule has 8 heteroatoms. The molecule has 1 amide bonds. The molecule has 0 atom stereocenters. The van der Waals surface area contributed by atoms with Gasteiger partial charge in [-0.25, -0.2) is 0 Å². The highest BCUT2D eigenvalue weighted by Gasteiger charge is 2.17. The van der Waals surface area contributed by atoms with E-state index in [0.717, 1.165) is 76.5 Å². The van der Waals surface area contributed by atoms with E-state index < -0.39 is 0 Å². The third-order valence-electron chi connectivity index (χ3n) is 8.93. The maximum Gasteiger partial charge on any atom is 0.306 e. The van der Waals surface area contributed by atoms with Gasteiger partial charge in [-0.2, -0.15) is 0 Å². The molecule has 0 spiro atoms. The topological polar surface area (TPSA) is 76.1 Å². The number of ether oxygens (including phenoxy) is 2. The Morgan fingerprint density at radius 3 is 1.76 bits per heavy atom. The maximum atomic E-state index is 13.1. The summed E-state index contributed by atoms with van der Waals surface area (Å²) >= 11 is 1.37. The number of thioether (sulfide) groups is 1. The Hall–Kier alpha value is -1.54. The van der Waals surface area contributed by atoms with Crippen LogP contribution in [0.4, 0.5) is 4.79 Å². The number of hydrogen-bond acceptors (Lipinski definition) is 7. The van der Waals surface area contributed by atoms with Crippen LogP contribution in [0, 0.1) is 0 Å². The number of hydrogen-bond donors (Lipinski definition) is 0. The first-order valence-corrected chi connectivity index (χ1v) is 21.4. The van der Waals surface area contributed by atoms with E-state index >= 15 is 0 Å². The smallest absolute Gasteiger partial charge is 0.306 e. The summed E-state index contributed by atoms with van der Waals surface area (Å²) in [5.74, 6) is 0.524. The summed E-state index contributed by atoms with van der Waals surface area (Å²) in [6.45, 7) is 9.20. The van der Waals surface area contributed by atoms with Crippen molar-refractivity contribution in [1.82, 2.24) is 9.80 Å². The minimum Gasteiger partial charge on any atom is -0.462 e. The molecule has 0 aromatic rings. The highest BCUT2D eigenvalue weighted by atomic mass is 32.2. The van der Waals surface area contributed by atoms with Crippen LogP contribution in [0.3, 0.4) is 0 Å². The molecule has 0 radical (unpaired) electrons. The summed E-state index contributed by atoms with van der Waals surface area (Å²) in [4.78, 5) is 42.0. The number of carbonyl (C=O) groups excluding carboxylic acids is 3. The molecule has 0 fully saturated rings. The van der Waals surface area contributed by atoms with Crippen molar-refractivity contribution < 1.29 is 23.9 Å². The van der Waals surface area contributed by atoms with Crippen molar-refractivity contribution in [3.05, 3.63) is 12.2 Å². The van der Waals surface area contributed by atoms with Gasteiger partial charge in [-0.15, -0.1) is 0 Å². The van der Waals surface area contributed by atoms with Crippen molar-refractivity contribution in [2.75, 3.05) is 46.1 Å². The van der Waals surface area contributed by atoms with Gasteiger partial charge in [0.2, 0.25) is 0 Å². The largest absolute Gasteiger partial charge is 0.462 e.